The Balaban J connectivity index is -0.00000000800. The maximum Gasteiger partial charge on any atom is 0 e. The van der Waals surface area contributed by atoms with Crippen molar-refractivity contribution >= 4 is 22.7 Å². The van der Waals surface area contributed by atoms with Crippen molar-refractivity contribution in [3.05, 3.63) is 0 Å². The fourth-order valence-electron chi connectivity index (χ4n) is 0. The van der Waals surface area contributed by atoms with E-state index < -0.39 is 22.7 Å². The summed E-state index contributed by atoms with van der Waals surface area (Å²) in [4.78, 5) is 0. The van der Waals surface area contributed by atoms with Crippen molar-refractivity contribution in [2.75, 3.05) is 0 Å². The number of hydrogen-bond acceptors (Lipinski definition) is 6. The van der Waals surface area contributed by atoms with Gasteiger partial charge in [0.25, 0.3) is 0 Å². The molecule has 0 rings (SSSR count). The minimum atomic E-state index is -3.11. The van der Waals surface area contributed by atoms with Crippen LogP contribution in [0.2, 0.25) is 0 Å². The first kappa shape index (κ1) is 48.4. The molecular weight excluding hydrogens is 468 g/mol. The standard InChI is InChI=1S/2H2O3S.4H2O.Pu/c2*1-4(2)3;;;;;/h2*(H2,1,2,3);4*1H2;/p-4. The van der Waals surface area contributed by atoms with Crippen LogP contribution >= 0.6 is 0 Å². The van der Waals surface area contributed by atoms with Crippen molar-refractivity contribution in [2.45, 2.75) is 0 Å². The van der Waals surface area contributed by atoms with Gasteiger partial charge in [-0.1, -0.05) is 0 Å². The fraction of sp³-hybridized carbons (Fsp3) is 0. The second kappa shape index (κ2) is 38.3. The molecule has 0 aliphatic heterocycles. The van der Waals surface area contributed by atoms with Gasteiger partial charge in [0, 0.05) is 29.2 Å². The van der Waals surface area contributed by atoms with E-state index in [1.54, 1.807) is 0 Å². The molecule has 0 unspecified atom stereocenters. The molecule has 0 spiro atoms. The Bertz CT molecular complexity index is 70.9. The van der Waals surface area contributed by atoms with Crippen LogP contribution in [0.15, 0.2) is 0 Å². The summed E-state index contributed by atoms with van der Waals surface area (Å²) in [6, 6.07) is 0. The Kier molecular flexibility index (Phi) is 142. The molecule has 0 aromatic heterocycles. The molecule has 0 radical (unpaired) electrons. The van der Waals surface area contributed by atoms with Crippen molar-refractivity contribution in [2.24, 2.45) is 0 Å². The summed E-state index contributed by atoms with van der Waals surface area (Å²) in [6.45, 7) is 0. The van der Waals surface area contributed by atoms with Gasteiger partial charge in [0.05, 0.1) is 0 Å². The SMILES string of the molecule is O.O.O.O.O=S([O-])[O-].O=S([O-])[O-].[Pu]. The minimum Gasteiger partial charge on any atom is -0.784 e. The Hall–Kier alpha value is 0.967. The van der Waals surface area contributed by atoms with Gasteiger partial charge < -0.3 is 40.1 Å². The first-order chi connectivity index (χ1) is 3.46. The van der Waals surface area contributed by atoms with E-state index in [-0.39, 0.29) is 51.1 Å². The summed E-state index contributed by atoms with van der Waals surface area (Å²) in [6.07, 6.45) is 0. The summed E-state index contributed by atoms with van der Waals surface area (Å²) in [5.74, 6) is 0. The Morgan fingerprint density at radius 2 is 0.615 bits per heavy atom. The second-order valence-corrected chi connectivity index (χ2v) is 1.22. The summed E-state index contributed by atoms with van der Waals surface area (Å²) >= 11 is -6.22. The third-order valence-corrected chi connectivity index (χ3v) is 0. The Morgan fingerprint density at radius 3 is 0.615 bits per heavy atom. The van der Waals surface area contributed by atoms with Crippen molar-refractivity contribution in [3.63, 3.8) is 0 Å². The van der Waals surface area contributed by atoms with Crippen LogP contribution in [0.5, 0.6) is 0 Å². The predicted octanol–water partition coefficient (Wildman–Crippen LogP) is -5.31. The maximum absolute atomic E-state index is 8.44. The molecule has 8 N–H and O–H groups in total. The topological polar surface area (TPSA) is 252 Å². The molecule has 0 saturated heterocycles. The predicted molar refractivity (Wildman–Crippen MR) is 33.8 cm³/mol. The third-order valence-electron chi connectivity index (χ3n) is 0. The van der Waals surface area contributed by atoms with Gasteiger partial charge in [-0.3, -0.25) is 8.42 Å². The van der Waals surface area contributed by atoms with Crippen LogP contribution in [-0.4, -0.2) is 48.5 Å². The van der Waals surface area contributed by atoms with Gasteiger partial charge in [-0.05, 0) is 0 Å². The minimum absolute atomic E-state index is 0. The van der Waals surface area contributed by atoms with E-state index in [2.05, 4.69) is 0 Å². The molecule has 0 amide bonds. The van der Waals surface area contributed by atoms with Crippen molar-refractivity contribution < 1.29 is 77.7 Å². The average Bonchev–Trinajstić information content (AvgIpc) is 1.25. The van der Waals surface area contributed by atoms with Gasteiger partial charge in [-0.25, -0.2) is 0 Å². The van der Waals surface area contributed by atoms with Gasteiger partial charge in [0.1, 0.15) is 0 Å². The quantitative estimate of drug-likeness (QED) is 0.308. The molecular formula is H8O10PuS2-4. The van der Waals surface area contributed by atoms with Gasteiger partial charge in [0.15, 0.2) is 0 Å². The summed E-state index contributed by atoms with van der Waals surface area (Å²) < 4.78 is 50.7. The summed E-state index contributed by atoms with van der Waals surface area (Å²) in [5.41, 5.74) is 0. The van der Waals surface area contributed by atoms with E-state index in [0.29, 0.717) is 0 Å². The molecule has 0 bridgehead atoms. The van der Waals surface area contributed by atoms with Gasteiger partial charge in [-0.15, -0.1) is 22.7 Å². The van der Waals surface area contributed by atoms with E-state index in [0.717, 1.165) is 0 Å². The van der Waals surface area contributed by atoms with Crippen LogP contribution in [0, 0.1) is 29.2 Å². The summed E-state index contributed by atoms with van der Waals surface area (Å²) in [5, 5.41) is 0. The molecule has 90 valence electrons. The van der Waals surface area contributed by atoms with Gasteiger partial charge >= 0.3 is 0 Å². The Morgan fingerprint density at radius 1 is 0.615 bits per heavy atom. The van der Waals surface area contributed by atoms with E-state index in [9.17, 15) is 0 Å². The first-order valence-electron chi connectivity index (χ1n) is 1.00. The largest absolute Gasteiger partial charge is 0.784 e. The Labute approximate surface area is 100 Å². The van der Waals surface area contributed by atoms with Crippen LogP contribution in [0.25, 0.3) is 0 Å². The molecule has 13 heavy (non-hydrogen) atoms. The third kappa shape index (κ3) is 1670. The molecule has 0 aromatic carbocycles. The molecule has 0 fully saturated rings. The molecule has 0 aliphatic carbocycles. The second-order valence-electron chi connectivity index (χ2n) is 0.408. The van der Waals surface area contributed by atoms with Gasteiger partial charge in [-0.2, -0.15) is 0 Å². The van der Waals surface area contributed by atoms with E-state index in [1.165, 1.54) is 0 Å². The molecule has 10 nitrogen and oxygen atoms in total. The van der Waals surface area contributed by atoms with Crippen LogP contribution in [0.4, 0.5) is 0 Å². The van der Waals surface area contributed by atoms with Crippen LogP contribution in [0.1, 0.15) is 0 Å². The zero-order chi connectivity index (χ0) is 7.15. The van der Waals surface area contributed by atoms with Crippen LogP contribution in [-0.2, 0) is 22.7 Å². The molecule has 0 aromatic rings. The normalized spacial score (nSPS) is 5.38. The van der Waals surface area contributed by atoms with Crippen LogP contribution < -0.4 is 0 Å². The zero-order valence-electron chi connectivity index (χ0n) is 5.67. The molecule has 0 atom stereocenters. The van der Waals surface area contributed by atoms with Crippen molar-refractivity contribution in [1.82, 2.24) is 0 Å². The van der Waals surface area contributed by atoms with E-state index in [4.69, 9.17) is 26.6 Å². The zero-order valence-corrected chi connectivity index (χ0v) is 10.7. The van der Waals surface area contributed by atoms with E-state index >= 15 is 0 Å². The molecule has 0 heterocycles. The van der Waals surface area contributed by atoms with Crippen LogP contribution in [0.3, 0.4) is 0 Å². The van der Waals surface area contributed by atoms with Crippen molar-refractivity contribution in [3.8, 4) is 0 Å². The van der Waals surface area contributed by atoms with E-state index in [1.807, 2.05) is 0 Å². The summed E-state index contributed by atoms with van der Waals surface area (Å²) in [7, 11) is 0. The smallest absolute Gasteiger partial charge is 0 e. The van der Waals surface area contributed by atoms with Gasteiger partial charge in [0.2, 0.25) is 0 Å². The number of rotatable bonds is 0. The first-order valence-corrected chi connectivity index (χ1v) is 3.00. The molecule has 0 aliphatic rings. The average molecular weight is 476 g/mol. The maximum atomic E-state index is 8.44. The van der Waals surface area contributed by atoms with Crippen molar-refractivity contribution in [1.29, 1.82) is 0 Å². The fourth-order valence-corrected chi connectivity index (χ4v) is 0. The molecule has 0 saturated carbocycles. The monoisotopic (exact) mass is 470 g/mol. The molecule has 13 heteroatoms. The number of hydrogen-bond donors (Lipinski definition) is 0.